The van der Waals surface area contributed by atoms with E-state index in [9.17, 15) is 0 Å². The van der Waals surface area contributed by atoms with Gasteiger partial charge in [-0.1, -0.05) is 23.8 Å². The number of allylic oxidation sites excluding steroid dienone is 1. The van der Waals surface area contributed by atoms with Crippen molar-refractivity contribution >= 4 is 5.69 Å². The average Bonchev–Trinajstić information content (AvgIpc) is 3.14. The molecule has 0 spiro atoms. The molecule has 3 rings (SSSR count). The molecule has 0 radical (unpaired) electrons. The number of anilines is 1. The molecule has 25 heavy (non-hydrogen) atoms. The van der Waals surface area contributed by atoms with E-state index in [1.165, 1.54) is 6.20 Å². The summed E-state index contributed by atoms with van der Waals surface area (Å²) in [5.41, 5.74) is 3.44. The highest BCUT2D eigenvalue weighted by Crippen LogP contribution is 2.25. The second-order valence-corrected chi connectivity index (χ2v) is 5.29. The van der Waals surface area contributed by atoms with Gasteiger partial charge in [-0.05, 0) is 37.3 Å². The number of hydrogen-bond donors (Lipinski definition) is 1. The molecule has 0 saturated heterocycles. The van der Waals surface area contributed by atoms with Gasteiger partial charge in [0.15, 0.2) is 0 Å². The first-order chi connectivity index (χ1) is 12.2. The van der Waals surface area contributed by atoms with Gasteiger partial charge < -0.3 is 9.73 Å². The minimum Gasteiger partial charge on any atom is -0.416 e. The number of hydrogen-bond acceptors (Lipinski definition) is 6. The lowest BCUT2D eigenvalue weighted by Gasteiger charge is -2.02. The molecule has 0 unspecified atom stereocenters. The molecule has 0 aliphatic carbocycles. The predicted molar refractivity (Wildman–Crippen MR) is 92.8 cm³/mol. The van der Waals surface area contributed by atoms with Crippen molar-refractivity contribution in [3.8, 4) is 35.0 Å². The van der Waals surface area contributed by atoms with Crippen molar-refractivity contribution in [2.24, 2.45) is 0 Å². The fourth-order valence-corrected chi connectivity index (χ4v) is 2.14. The third-order valence-electron chi connectivity index (χ3n) is 3.46. The van der Waals surface area contributed by atoms with E-state index >= 15 is 0 Å². The third-order valence-corrected chi connectivity index (χ3v) is 3.46. The van der Waals surface area contributed by atoms with Crippen molar-refractivity contribution in [2.75, 3.05) is 5.32 Å². The lowest BCUT2D eigenvalue weighted by molar-refractivity contribution is 0.584. The molecule has 1 N–H and O–H groups in total. The van der Waals surface area contributed by atoms with E-state index in [0.29, 0.717) is 17.5 Å². The molecule has 120 valence electrons. The van der Waals surface area contributed by atoms with Crippen LogP contribution in [0.3, 0.4) is 0 Å². The molecule has 3 aromatic rings. The Hall–Kier alpha value is -3.90. The summed E-state index contributed by atoms with van der Waals surface area (Å²) in [5, 5.41) is 28.6. The highest BCUT2D eigenvalue weighted by molar-refractivity contribution is 5.64. The lowest BCUT2D eigenvalue weighted by Crippen LogP contribution is -1.90. The monoisotopic (exact) mass is 327 g/mol. The van der Waals surface area contributed by atoms with Gasteiger partial charge in [0.2, 0.25) is 11.8 Å². The number of nitrogens with one attached hydrogen (secondary N) is 1. The Morgan fingerprint density at radius 3 is 2.36 bits per heavy atom. The van der Waals surface area contributed by atoms with Crippen molar-refractivity contribution in [1.29, 1.82) is 10.5 Å². The Morgan fingerprint density at radius 2 is 1.68 bits per heavy atom. The number of nitriles is 2. The average molecular weight is 327 g/mol. The van der Waals surface area contributed by atoms with Crippen LogP contribution in [-0.4, -0.2) is 10.2 Å². The molecule has 1 aromatic heterocycles. The summed E-state index contributed by atoms with van der Waals surface area (Å²) in [4.78, 5) is 0. The van der Waals surface area contributed by atoms with Crippen molar-refractivity contribution < 1.29 is 4.42 Å². The van der Waals surface area contributed by atoms with Crippen molar-refractivity contribution in [2.45, 2.75) is 6.92 Å². The van der Waals surface area contributed by atoms with Gasteiger partial charge in [0.1, 0.15) is 17.7 Å². The Kier molecular flexibility index (Phi) is 4.55. The van der Waals surface area contributed by atoms with E-state index in [0.717, 1.165) is 16.7 Å². The van der Waals surface area contributed by atoms with Gasteiger partial charge in [-0.3, -0.25) is 0 Å². The summed E-state index contributed by atoms with van der Waals surface area (Å²) < 4.78 is 5.75. The van der Waals surface area contributed by atoms with Gasteiger partial charge in [0, 0.05) is 23.0 Å². The van der Waals surface area contributed by atoms with Crippen molar-refractivity contribution in [1.82, 2.24) is 10.2 Å². The van der Waals surface area contributed by atoms with Crippen LogP contribution in [0.4, 0.5) is 5.69 Å². The van der Waals surface area contributed by atoms with Crippen LogP contribution in [-0.2, 0) is 0 Å². The topological polar surface area (TPSA) is 98.5 Å². The summed E-state index contributed by atoms with van der Waals surface area (Å²) in [7, 11) is 0. The molecule has 0 fully saturated rings. The quantitative estimate of drug-likeness (QED) is 0.726. The first kappa shape index (κ1) is 16.0. The zero-order chi connectivity index (χ0) is 17.6. The minimum absolute atomic E-state index is 0.00940. The molecule has 0 atom stereocenters. The standard InChI is InChI=1S/C19H13N5O/c1-13-5-7-15(8-6-13)18-23-24-19(25-18)16-3-2-4-17(9-16)22-12-14(10-20)11-21/h2-9,12,22H,1H3. The summed E-state index contributed by atoms with van der Waals surface area (Å²) in [6.07, 6.45) is 1.35. The molecular weight excluding hydrogens is 314 g/mol. The van der Waals surface area contributed by atoms with Gasteiger partial charge in [-0.2, -0.15) is 10.5 Å². The van der Waals surface area contributed by atoms with Crippen LogP contribution in [0.1, 0.15) is 5.56 Å². The third kappa shape index (κ3) is 3.72. The maximum Gasteiger partial charge on any atom is 0.248 e. The van der Waals surface area contributed by atoms with Gasteiger partial charge in [-0.15, -0.1) is 10.2 Å². The first-order valence-electron chi connectivity index (χ1n) is 7.47. The van der Waals surface area contributed by atoms with E-state index in [1.807, 2.05) is 49.4 Å². The molecule has 0 amide bonds. The van der Waals surface area contributed by atoms with E-state index in [1.54, 1.807) is 18.2 Å². The lowest BCUT2D eigenvalue weighted by atomic mass is 10.1. The van der Waals surface area contributed by atoms with Gasteiger partial charge in [0.25, 0.3) is 0 Å². The van der Waals surface area contributed by atoms with E-state index in [4.69, 9.17) is 14.9 Å². The number of nitrogens with zero attached hydrogens (tertiary/aromatic N) is 4. The Bertz CT molecular complexity index is 987. The Balaban J connectivity index is 1.85. The molecule has 0 aliphatic heterocycles. The highest BCUT2D eigenvalue weighted by Gasteiger charge is 2.10. The molecule has 6 heteroatoms. The summed E-state index contributed by atoms with van der Waals surface area (Å²) >= 11 is 0. The summed E-state index contributed by atoms with van der Waals surface area (Å²) in [6.45, 7) is 2.01. The smallest absolute Gasteiger partial charge is 0.248 e. The molecule has 1 heterocycles. The van der Waals surface area contributed by atoms with Crippen LogP contribution >= 0.6 is 0 Å². The second-order valence-electron chi connectivity index (χ2n) is 5.29. The molecular formula is C19H13N5O. The van der Waals surface area contributed by atoms with E-state index in [2.05, 4.69) is 15.5 Å². The van der Waals surface area contributed by atoms with Gasteiger partial charge in [-0.25, -0.2) is 0 Å². The largest absolute Gasteiger partial charge is 0.416 e. The molecule has 2 aromatic carbocycles. The van der Waals surface area contributed by atoms with Gasteiger partial charge >= 0.3 is 0 Å². The van der Waals surface area contributed by atoms with Crippen LogP contribution in [0.2, 0.25) is 0 Å². The molecule has 6 nitrogen and oxygen atoms in total. The maximum atomic E-state index is 8.75. The van der Waals surface area contributed by atoms with Crippen LogP contribution in [0, 0.1) is 29.6 Å². The van der Waals surface area contributed by atoms with Crippen molar-refractivity contribution in [3.63, 3.8) is 0 Å². The maximum absolute atomic E-state index is 8.75. The van der Waals surface area contributed by atoms with Crippen LogP contribution < -0.4 is 5.32 Å². The number of aryl methyl sites for hydroxylation is 1. The Morgan fingerprint density at radius 1 is 1.00 bits per heavy atom. The normalized spacial score (nSPS) is 9.72. The van der Waals surface area contributed by atoms with Crippen LogP contribution in [0.25, 0.3) is 22.9 Å². The summed E-state index contributed by atoms with van der Waals surface area (Å²) in [6, 6.07) is 18.7. The fourth-order valence-electron chi connectivity index (χ4n) is 2.14. The molecule has 0 bridgehead atoms. The minimum atomic E-state index is -0.00940. The first-order valence-corrected chi connectivity index (χ1v) is 7.47. The second kappa shape index (κ2) is 7.12. The van der Waals surface area contributed by atoms with Crippen molar-refractivity contribution in [3.05, 3.63) is 65.9 Å². The SMILES string of the molecule is Cc1ccc(-c2nnc(-c3cccc(NC=C(C#N)C#N)c3)o2)cc1. The van der Waals surface area contributed by atoms with Gasteiger partial charge in [0.05, 0.1) is 0 Å². The highest BCUT2D eigenvalue weighted by atomic mass is 16.4. The Labute approximate surface area is 144 Å². The molecule has 0 aliphatic rings. The fraction of sp³-hybridized carbons (Fsp3) is 0.0526. The van der Waals surface area contributed by atoms with E-state index < -0.39 is 0 Å². The summed E-state index contributed by atoms with van der Waals surface area (Å²) in [5.74, 6) is 0.841. The number of rotatable bonds is 4. The van der Waals surface area contributed by atoms with Crippen LogP contribution in [0.5, 0.6) is 0 Å². The molecule has 0 saturated carbocycles. The zero-order valence-electron chi connectivity index (χ0n) is 13.4. The van der Waals surface area contributed by atoms with E-state index in [-0.39, 0.29) is 5.57 Å². The number of benzene rings is 2. The van der Waals surface area contributed by atoms with Crippen LogP contribution in [0.15, 0.2) is 64.7 Å². The number of aromatic nitrogens is 2. The predicted octanol–water partition coefficient (Wildman–Crippen LogP) is 4.05. The zero-order valence-corrected chi connectivity index (χ0v) is 13.4.